The summed E-state index contributed by atoms with van der Waals surface area (Å²) >= 11 is 0. The number of aromatic nitrogens is 2. The maximum absolute atomic E-state index is 4.63. The van der Waals surface area contributed by atoms with E-state index < -0.39 is 0 Å². The van der Waals surface area contributed by atoms with Gasteiger partial charge in [0.05, 0.1) is 10.9 Å². The minimum absolute atomic E-state index is 0.999. The molecule has 0 N–H and O–H groups in total. The van der Waals surface area contributed by atoms with E-state index in [-0.39, 0.29) is 0 Å². The summed E-state index contributed by atoms with van der Waals surface area (Å²) in [6, 6.07) is 14.5. The molecular formula is C16H17N3. The Balaban J connectivity index is 2.25. The van der Waals surface area contributed by atoms with Gasteiger partial charge in [-0.25, -0.2) is 4.68 Å². The number of pyridine rings is 1. The Hall–Kier alpha value is -2.29. The first-order chi connectivity index (χ1) is 9.38. The normalized spacial score (nSPS) is 12.2. The van der Waals surface area contributed by atoms with Crippen molar-refractivity contribution in [3.8, 4) is 0 Å². The highest BCUT2D eigenvalue weighted by Gasteiger charge is 2.00. The molecule has 0 aliphatic heterocycles. The average molecular weight is 251 g/mol. The van der Waals surface area contributed by atoms with E-state index in [1.54, 1.807) is 0 Å². The molecule has 0 unspecified atom stereocenters. The van der Waals surface area contributed by atoms with Crippen molar-refractivity contribution in [1.82, 2.24) is 9.24 Å². The van der Waals surface area contributed by atoms with Crippen molar-refractivity contribution in [2.24, 2.45) is 5.10 Å². The van der Waals surface area contributed by atoms with Crippen LogP contribution in [0.15, 0.2) is 66.2 Å². The second-order valence-corrected chi connectivity index (χ2v) is 4.57. The summed E-state index contributed by atoms with van der Waals surface area (Å²) in [4.78, 5) is 0. The van der Waals surface area contributed by atoms with Gasteiger partial charge in [0.2, 0.25) is 0 Å². The summed E-state index contributed by atoms with van der Waals surface area (Å²) in [5.74, 6) is 0. The third-order valence-electron chi connectivity index (χ3n) is 3.18. The predicted molar refractivity (Wildman–Crippen MR) is 77.6 cm³/mol. The van der Waals surface area contributed by atoms with E-state index in [1.807, 2.05) is 29.2 Å². The van der Waals surface area contributed by atoms with Gasteiger partial charge in [-0.3, -0.25) is 0 Å². The zero-order chi connectivity index (χ0) is 13.1. The van der Waals surface area contributed by atoms with E-state index in [0.717, 1.165) is 18.3 Å². The van der Waals surface area contributed by atoms with Crippen LogP contribution in [0.3, 0.4) is 0 Å². The van der Waals surface area contributed by atoms with Gasteiger partial charge in [0.15, 0.2) is 0 Å². The van der Waals surface area contributed by atoms with Crippen molar-refractivity contribution < 1.29 is 0 Å². The lowest BCUT2D eigenvalue weighted by molar-refractivity contribution is 0.696. The molecule has 3 nitrogen and oxygen atoms in total. The molecule has 3 rings (SSSR count). The fraction of sp³-hybridized carbons (Fsp3) is 0.188. The molecule has 1 aromatic carbocycles. The Labute approximate surface area is 112 Å². The smallest absolute Gasteiger partial charge is 0.0947 e. The van der Waals surface area contributed by atoms with Crippen molar-refractivity contribution in [2.75, 3.05) is 0 Å². The number of benzene rings is 1. The maximum atomic E-state index is 4.63. The van der Waals surface area contributed by atoms with Crippen LogP contribution in [0.4, 0.5) is 0 Å². The average Bonchev–Trinajstić information content (AvgIpc) is 2.95. The zero-order valence-corrected chi connectivity index (χ0v) is 11.0. The van der Waals surface area contributed by atoms with Gasteiger partial charge >= 0.3 is 0 Å². The van der Waals surface area contributed by atoms with E-state index in [4.69, 9.17) is 0 Å². The lowest BCUT2D eigenvalue weighted by Crippen LogP contribution is -2.10. The Morgan fingerprint density at radius 1 is 0.947 bits per heavy atom. The molecule has 19 heavy (non-hydrogen) atoms. The summed E-state index contributed by atoms with van der Waals surface area (Å²) in [5.41, 5.74) is 1.23. The van der Waals surface area contributed by atoms with Gasteiger partial charge in [0, 0.05) is 30.5 Å². The molecule has 0 atom stereocenters. The van der Waals surface area contributed by atoms with Gasteiger partial charge in [-0.15, -0.1) is 0 Å². The summed E-state index contributed by atoms with van der Waals surface area (Å²) in [5, 5.41) is 6.82. The first kappa shape index (κ1) is 11.8. The molecule has 0 fully saturated rings. The molecular weight excluding hydrogens is 234 g/mol. The molecule has 0 amide bonds. The number of aryl methyl sites for hydroxylation is 1. The maximum Gasteiger partial charge on any atom is 0.0947 e. The van der Waals surface area contributed by atoms with Crippen LogP contribution in [-0.2, 0) is 6.54 Å². The number of hydrogen-bond donors (Lipinski definition) is 0. The van der Waals surface area contributed by atoms with Gasteiger partial charge in [-0.2, -0.15) is 5.10 Å². The third-order valence-corrected chi connectivity index (χ3v) is 3.18. The van der Waals surface area contributed by atoms with E-state index in [0.29, 0.717) is 0 Å². The molecule has 2 aromatic heterocycles. The highest BCUT2D eigenvalue weighted by molar-refractivity contribution is 5.78. The highest BCUT2D eigenvalue weighted by atomic mass is 15.3. The summed E-state index contributed by atoms with van der Waals surface area (Å²) in [6.07, 6.45) is 7.14. The van der Waals surface area contributed by atoms with Crippen LogP contribution in [0.25, 0.3) is 10.9 Å². The molecule has 0 bridgehead atoms. The lowest BCUT2D eigenvalue weighted by atomic mass is 10.2. The van der Waals surface area contributed by atoms with E-state index in [1.165, 1.54) is 10.9 Å². The first-order valence-corrected chi connectivity index (χ1v) is 6.64. The van der Waals surface area contributed by atoms with Crippen molar-refractivity contribution in [3.63, 3.8) is 0 Å². The van der Waals surface area contributed by atoms with Crippen LogP contribution in [0.2, 0.25) is 0 Å². The molecule has 0 radical (unpaired) electrons. The minimum Gasteiger partial charge on any atom is -0.347 e. The molecule has 0 spiro atoms. The van der Waals surface area contributed by atoms with E-state index in [9.17, 15) is 0 Å². The Kier molecular flexibility index (Phi) is 3.19. The molecule has 0 aliphatic rings. The summed E-state index contributed by atoms with van der Waals surface area (Å²) < 4.78 is 4.12. The second kappa shape index (κ2) is 5.14. The molecule has 3 heteroatoms. The number of para-hydroxylation sites is 1. The third kappa shape index (κ3) is 2.32. The van der Waals surface area contributed by atoms with Gasteiger partial charge in [-0.1, -0.05) is 25.1 Å². The first-order valence-electron chi connectivity index (χ1n) is 6.64. The Morgan fingerprint density at radius 3 is 2.53 bits per heavy atom. The minimum atomic E-state index is 0.999. The van der Waals surface area contributed by atoms with Crippen LogP contribution in [0.1, 0.15) is 13.3 Å². The van der Waals surface area contributed by atoms with Crippen molar-refractivity contribution in [3.05, 3.63) is 66.4 Å². The summed E-state index contributed by atoms with van der Waals surface area (Å²) in [7, 11) is 0. The quantitative estimate of drug-likeness (QED) is 0.682. The van der Waals surface area contributed by atoms with Crippen LogP contribution in [-0.4, -0.2) is 9.24 Å². The molecule has 3 aromatic rings. The summed E-state index contributed by atoms with van der Waals surface area (Å²) in [6.45, 7) is 3.23. The Morgan fingerprint density at radius 2 is 1.74 bits per heavy atom. The fourth-order valence-electron chi connectivity index (χ4n) is 2.31. The largest absolute Gasteiger partial charge is 0.347 e. The fourth-order valence-corrected chi connectivity index (χ4v) is 2.31. The topological polar surface area (TPSA) is 22.2 Å². The predicted octanol–water partition coefficient (Wildman–Crippen LogP) is 3.22. The molecule has 0 aliphatic carbocycles. The standard InChI is InChI=1S/C16H17N3/c1-2-10-18-13-9-15(17-19-11-5-6-12-19)14-7-3-4-8-16(14)18/h3-9,11-13H,2,10H2,1H3. The van der Waals surface area contributed by atoms with Gasteiger partial charge in [0.1, 0.15) is 0 Å². The lowest BCUT2D eigenvalue weighted by Gasteiger charge is -2.09. The SMILES string of the molecule is CCCn1ccc(=Nn2cccc2)c2ccccc21. The van der Waals surface area contributed by atoms with Crippen LogP contribution < -0.4 is 5.36 Å². The zero-order valence-electron chi connectivity index (χ0n) is 11.0. The number of nitrogens with zero attached hydrogens (tertiary/aromatic N) is 3. The van der Waals surface area contributed by atoms with Gasteiger partial charge in [0.25, 0.3) is 0 Å². The van der Waals surface area contributed by atoms with Crippen LogP contribution in [0.5, 0.6) is 0 Å². The molecule has 2 heterocycles. The van der Waals surface area contributed by atoms with E-state index in [2.05, 4.69) is 53.1 Å². The molecule has 96 valence electrons. The van der Waals surface area contributed by atoms with Gasteiger partial charge in [-0.05, 0) is 30.7 Å². The molecule has 0 saturated heterocycles. The van der Waals surface area contributed by atoms with Crippen molar-refractivity contribution >= 4 is 10.9 Å². The van der Waals surface area contributed by atoms with Crippen molar-refractivity contribution in [2.45, 2.75) is 19.9 Å². The van der Waals surface area contributed by atoms with Crippen LogP contribution >= 0.6 is 0 Å². The number of fused-ring (bicyclic) bond motifs is 1. The highest BCUT2D eigenvalue weighted by Crippen LogP contribution is 2.10. The molecule has 0 saturated carbocycles. The van der Waals surface area contributed by atoms with Crippen molar-refractivity contribution in [1.29, 1.82) is 0 Å². The van der Waals surface area contributed by atoms with Crippen LogP contribution in [0, 0.1) is 0 Å². The van der Waals surface area contributed by atoms with Gasteiger partial charge < -0.3 is 4.57 Å². The monoisotopic (exact) mass is 251 g/mol. The second-order valence-electron chi connectivity index (χ2n) is 4.57. The Bertz CT molecular complexity index is 736. The van der Waals surface area contributed by atoms with E-state index >= 15 is 0 Å². The number of rotatable bonds is 3. The number of hydrogen-bond acceptors (Lipinski definition) is 1.